The fourth-order valence-corrected chi connectivity index (χ4v) is 2.47. The number of phenolic OH excluding ortho intramolecular Hbond substituents is 1. The lowest BCUT2D eigenvalue weighted by Gasteiger charge is -2.28. The maximum atomic E-state index is 11.9. The van der Waals surface area contributed by atoms with Crippen LogP contribution in [0.5, 0.6) is 5.75 Å². The van der Waals surface area contributed by atoms with Gasteiger partial charge in [0.1, 0.15) is 5.75 Å². The molecule has 0 saturated carbocycles. The molecule has 1 aliphatic rings. The van der Waals surface area contributed by atoms with E-state index in [1.807, 2.05) is 24.3 Å². The van der Waals surface area contributed by atoms with Gasteiger partial charge in [-0.15, -0.1) is 0 Å². The Balaban J connectivity index is 1.57. The SMILES string of the molecule is O=C(N/N=C/c1ccc(N2CCOCC2)cc1)c1cccc(O)c1. The first-order chi connectivity index (χ1) is 11.7. The summed E-state index contributed by atoms with van der Waals surface area (Å²) in [7, 11) is 0. The average molecular weight is 325 g/mol. The number of rotatable bonds is 4. The molecule has 3 rings (SSSR count). The molecule has 0 unspecified atom stereocenters. The molecule has 1 saturated heterocycles. The molecule has 0 spiro atoms. The lowest BCUT2D eigenvalue weighted by atomic mass is 10.2. The van der Waals surface area contributed by atoms with E-state index in [1.54, 1.807) is 18.3 Å². The van der Waals surface area contributed by atoms with E-state index in [-0.39, 0.29) is 11.7 Å². The molecule has 1 fully saturated rings. The lowest BCUT2D eigenvalue weighted by Crippen LogP contribution is -2.36. The number of hydrazone groups is 1. The van der Waals surface area contributed by atoms with Crippen molar-refractivity contribution in [3.05, 3.63) is 59.7 Å². The van der Waals surface area contributed by atoms with E-state index < -0.39 is 0 Å². The minimum Gasteiger partial charge on any atom is -0.508 e. The number of benzene rings is 2. The molecule has 1 amide bonds. The first kappa shape index (κ1) is 16.0. The number of carbonyl (C=O) groups excluding carboxylic acids is 1. The van der Waals surface area contributed by atoms with E-state index in [9.17, 15) is 9.90 Å². The van der Waals surface area contributed by atoms with E-state index in [4.69, 9.17) is 4.74 Å². The fourth-order valence-electron chi connectivity index (χ4n) is 2.47. The number of amides is 1. The Morgan fingerprint density at radius 3 is 2.62 bits per heavy atom. The van der Waals surface area contributed by atoms with Gasteiger partial charge in [0.2, 0.25) is 0 Å². The Kier molecular flexibility index (Phi) is 5.08. The molecule has 0 radical (unpaired) electrons. The Labute approximate surface area is 140 Å². The predicted octanol–water partition coefficient (Wildman–Crippen LogP) is 1.99. The second kappa shape index (κ2) is 7.61. The molecule has 2 N–H and O–H groups in total. The molecule has 0 aromatic heterocycles. The Morgan fingerprint density at radius 1 is 1.17 bits per heavy atom. The summed E-state index contributed by atoms with van der Waals surface area (Å²) < 4.78 is 5.35. The molecule has 24 heavy (non-hydrogen) atoms. The summed E-state index contributed by atoms with van der Waals surface area (Å²) in [5.41, 5.74) is 4.85. The van der Waals surface area contributed by atoms with E-state index in [2.05, 4.69) is 15.4 Å². The van der Waals surface area contributed by atoms with Crippen LogP contribution in [0.2, 0.25) is 0 Å². The number of hydrogen-bond donors (Lipinski definition) is 2. The van der Waals surface area contributed by atoms with E-state index in [1.165, 1.54) is 12.1 Å². The van der Waals surface area contributed by atoms with Crippen LogP contribution in [0.3, 0.4) is 0 Å². The quantitative estimate of drug-likeness (QED) is 0.666. The van der Waals surface area contributed by atoms with Crippen LogP contribution in [-0.2, 0) is 4.74 Å². The number of aromatic hydroxyl groups is 1. The fraction of sp³-hybridized carbons (Fsp3) is 0.222. The smallest absolute Gasteiger partial charge is 0.271 e. The second-order valence-electron chi connectivity index (χ2n) is 5.44. The topological polar surface area (TPSA) is 74.2 Å². The molecule has 124 valence electrons. The van der Waals surface area contributed by atoms with Crippen LogP contribution in [0, 0.1) is 0 Å². The van der Waals surface area contributed by atoms with Gasteiger partial charge < -0.3 is 14.7 Å². The number of ether oxygens (including phenoxy) is 1. The van der Waals surface area contributed by atoms with Gasteiger partial charge in [0.15, 0.2) is 0 Å². The number of phenols is 1. The number of nitrogens with one attached hydrogen (secondary N) is 1. The summed E-state index contributed by atoms with van der Waals surface area (Å²) in [6, 6.07) is 14.1. The van der Waals surface area contributed by atoms with Gasteiger partial charge in [0, 0.05) is 24.3 Å². The molecule has 2 aromatic carbocycles. The Bertz CT molecular complexity index is 723. The maximum Gasteiger partial charge on any atom is 0.271 e. The van der Waals surface area contributed by atoms with Crippen LogP contribution in [0.4, 0.5) is 5.69 Å². The first-order valence-electron chi connectivity index (χ1n) is 7.77. The van der Waals surface area contributed by atoms with Gasteiger partial charge in [-0.3, -0.25) is 4.79 Å². The van der Waals surface area contributed by atoms with Gasteiger partial charge >= 0.3 is 0 Å². The largest absolute Gasteiger partial charge is 0.508 e. The number of carbonyl (C=O) groups is 1. The number of morpholine rings is 1. The standard InChI is InChI=1S/C18H19N3O3/c22-17-3-1-2-15(12-17)18(23)20-19-13-14-4-6-16(7-5-14)21-8-10-24-11-9-21/h1-7,12-13,22H,8-11H2,(H,20,23)/b19-13+. The van der Waals surface area contributed by atoms with E-state index >= 15 is 0 Å². The highest BCUT2D eigenvalue weighted by Gasteiger charge is 2.10. The van der Waals surface area contributed by atoms with Crippen molar-refractivity contribution in [2.45, 2.75) is 0 Å². The Hall–Kier alpha value is -2.86. The number of hydrogen-bond acceptors (Lipinski definition) is 5. The van der Waals surface area contributed by atoms with Crippen molar-refractivity contribution in [3.8, 4) is 5.75 Å². The van der Waals surface area contributed by atoms with Crippen LogP contribution in [0.15, 0.2) is 53.6 Å². The lowest BCUT2D eigenvalue weighted by molar-refractivity contribution is 0.0954. The van der Waals surface area contributed by atoms with Crippen LogP contribution in [0.1, 0.15) is 15.9 Å². The molecule has 0 aliphatic carbocycles. The molecule has 0 bridgehead atoms. The van der Waals surface area contributed by atoms with Crippen molar-refractivity contribution in [1.82, 2.24) is 5.43 Å². The molecule has 6 nitrogen and oxygen atoms in total. The highest BCUT2D eigenvalue weighted by Crippen LogP contribution is 2.16. The summed E-state index contributed by atoms with van der Waals surface area (Å²) in [6.07, 6.45) is 1.59. The molecule has 1 aliphatic heterocycles. The first-order valence-corrected chi connectivity index (χ1v) is 7.77. The van der Waals surface area contributed by atoms with Gasteiger partial charge in [-0.1, -0.05) is 18.2 Å². The zero-order chi connectivity index (χ0) is 16.8. The zero-order valence-corrected chi connectivity index (χ0v) is 13.2. The van der Waals surface area contributed by atoms with Gasteiger partial charge in [-0.2, -0.15) is 5.10 Å². The molecule has 0 atom stereocenters. The third-order valence-corrected chi connectivity index (χ3v) is 3.76. The van der Waals surface area contributed by atoms with Crippen LogP contribution in [-0.4, -0.2) is 43.5 Å². The minimum absolute atomic E-state index is 0.0466. The van der Waals surface area contributed by atoms with Crippen LogP contribution >= 0.6 is 0 Å². The van der Waals surface area contributed by atoms with Crippen molar-refractivity contribution < 1.29 is 14.6 Å². The zero-order valence-electron chi connectivity index (χ0n) is 13.2. The maximum absolute atomic E-state index is 11.9. The van der Waals surface area contributed by atoms with Crippen LogP contribution < -0.4 is 10.3 Å². The van der Waals surface area contributed by atoms with Crippen LogP contribution in [0.25, 0.3) is 0 Å². The van der Waals surface area contributed by atoms with Crippen molar-refractivity contribution in [2.24, 2.45) is 5.10 Å². The second-order valence-corrected chi connectivity index (χ2v) is 5.44. The average Bonchev–Trinajstić information content (AvgIpc) is 2.63. The minimum atomic E-state index is -0.368. The predicted molar refractivity (Wildman–Crippen MR) is 92.6 cm³/mol. The van der Waals surface area contributed by atoms with E-state index in [0.29, 0.717) is 5.56 Å². The van der Waals surface area contributed by atoms with Gasteiger partial charge in [-0.25, -0.2) is 5.43 Å². The number of nitrogens with zero attached hydrogens (tertiary/aromatic N) is 2. The van der Waals surface area contributed by atoms with Gasteiger partial charge in [0.05, 0.1) is 19.4 Å². The highest BCUT2D eigenvalue weighted by molar-refractivity contribution is 5.95. The molecule has 2 aromatic rings. The normalized spacial score (nSPS) is 14.8. The van der Waals surface area contributed by atoms with Crippen molar-refractivity contribution >= 4 is 17.8 Å². The van der Waals surface area contributed by atoms with Gasteiger partial charge in [-0.05, 0) is 35.9 Å². The monoisotopic (exact) mass is 325 g/mol. The molecule has 6 heteroatoms. The highest BCUT2D eigenvalue weighted by atomic mass is 16.5. The third kappa shape index (κ3) is 4.11. The number of anilines is 1. The molecular formula is C18H19N3O3. The summed E-state index contributed by atoms with van der Waals surface area (Å²) in [5, 5.41) is 13.3. The summed E-state index contributed by atoms with van der Waals surface area (Å²) in [4.78, 5) is 14.2. The van der Waals surface area contributed by atoms with Gasteiger partial charge in [0.25, 0.3) is 5.91 Å². The van der Waals surface area contributed by atoms with Crippen molar-refractivity contribution in [1.29, 1.82) is 0 Å². The molecule has 1 heterocycles. The van der Waals surface area contributed by atoms with E-state index in [0.717, 1.165) is 37.6 Å². The van der Waals surface area contributed by atoms with Crippen molar-refractivity contribution in [3.63, 3.8) is 0 Å². The summed E-state index contributed by atoms with van der Waals surface area (Å²) in [6.45, 7) is 3.30. The molecular weight excluding hydrogens is 306 g/mol. The summed E-state index contributed by atoms with van der Waals surface area (Å²) in [5.74, 6) is -0.322. The third-order valence-electron chi connectivity index (χ3n) is 3.76. The van der Waals surface area contributed by atoms with Crippen molar-refractivity contribution in [2.75, 3.05) is 31.2 Å². The summed E-state index contributed by atoms with van der Waals surface area (Å²) >= 11 is 0. The Morgan fingerprint density at radius 2 is 1.92 bits per heavy atom.